The van der Waals surface area contributed by atoms with Gasteiger partial charge >= 0.3 is 6.18 Å². The van der Waals surface area contributed by atoms with Gasteiger partial charge in [-0.3, -0.25) is 0 Å². The Bertz CT molecular complexity index is 443. The molecule has 0 saturated carbocycles. The monoisotopic (exact) mass is 279 g/mol. The Hall–Kier alpha value is -1.17. The van der Waals surface area contributed by atoms with Crippen LogP contribution in [0.1, 0.15) is 18.4 Å². The van der Waals surface area contributed by atoms with Gasteiger partial charge in [-0.1, -0.05) is 6.07 Å². The average molecular weight is 279 g/mol. The first-order valence-electron chi connectivity index (χ1n) is 6.10. The molecular formula is C13H14F5N. The quantitative estimate of drug-likeness (QED) is 0.818. The number of alkyl halides is 3. The topological polar surface area (TPSA) is 12.0 Å². The zero-order chi connectivity index (χ0) is 14.0. The summed E-state index contributed by atoms with van der Waals surface area (Å²) < 4.78 is 63.7. The third-order valence-electron chi connectivity index (χ3n) is 3.42. The van der Waals surface area contributed by atoms with Crippen molar-refractivity contribution in [1.29, 1.82) is 0 Å². The molecule has 1 heterocycles. The molecule has 1 aliphatic heterocycles. The largest absolute Gasteiger partial charge is 0.391 e. The summed E-state index contributed by atoms with van der Waals surface area (Å²) in [4.78, 5) is 0. The van der Waals surface area contributed by atoms with Crippen molar-refractivity contribution in [3.05, 3.63) is 35.4 Å². The molecule has 0 bridgehead atoms. The van der Waals surface area contributed by atoms with E-state index in [1.807, 2.05) is 0 Å². The lowest BCUT2D eigenvalue weighted by atomic mass is 9.89. The maximum atomic E-state index is 13.0. The van der Waals surface area contributed by atoms with Crippen molar-refractivity contribution < 1.29 is 22.0 Å². The molecule has 1 nitrogen and oxygen atoms in total. The van der Waals surface area contributed by atoms with E-state index in [0.717, 1.165) is 12.1 Å². The molecule has 1 fully saturated rings. The molecule has 0 amide bonds. The summed E-state index contributed by atoms with van der Waals surface area (Å²) >= 11 is 0. The number of halogens is 5. The Morgan fingerprint density at radius 3 is 2.53 bits per heavy atom. The molecule has 19 heavy (non-hydrogen) atoms. The molecule has 106 valence electrons. The van der Waals surface area contributed by atoms with E-state index >= 15 is 0 Å². The smallest absolute Gasteiger partial charge is 0.314 e. The Balaban J connectivity index is 2.00. The lowest BCUT2D eigenvalue weighted by Gasteiger charge is -2.31. The molecule has 2 rings (SSSR count). The highest BCUT2D eigenvalue weighted by atomic mass is 19.4. The maximum absolute atomic E-state index is 13.0. The predicted molar refractivity (Wildman–Crippen MR) is 60.6 cm³/mol. The average Bonchev–Trinajstić information content (AvgIpc) is 2.33. The van der Waals surface area contributed by atoms with Crippen LogP contribution in [0, 0.1) is 17.6 Å². The van der Waals surface area contributed by atoms with E-state index in [1.54, 1.807) is 0 Å². The van der Waals surface area contributed by atoms with Crippen molar-refractivity contribution >= 4 is 0 Å². The highest BCUT2D eigenvalue weighted by molar-refractivity contribution is 5.19. The van der Waals surface area contributed by atoms with Crippen LogP contribution in [0.5, 0.6) is 0 Å². The van der Waals surface area contributed by atoms with E-state index in [-0.39, 0.29) is 25.3 Å². The third-order valence-corrected chi connectivity index (χ3v) is 3.42. The fourth-order valence-electron chi connectivity index (χ4n) is 2.41. The van der Waals surface area contributed by atoms with Gasteiger partial charge in [-0.25, -0.2) is 8.78 Å². The molecule has 2 unspecified atom stereocenters. The molecular weight excluding hydrogens is 265 g/mol. The third kappa shape index (κ3) is 3.65. The van der Waals surface area contributed by atoms with Gasteiger partial charge in [0.25, 0.3) is 0 Å². The van der Waals surface area contributed by atoms with Crippen LogP contribution in [-0.2, 0) is 6.42 Å². The van der Waals surface area contributed by atoms with Gasteiger partial charge in [-0.05, 0) is 43.5 Å². The lowest BCUT2D eigenvalue weighted by molar-refractivity contribution is -0.183. The van der Waals surface area contributed by atoms with Crippen LogP contribution in [0.3, 0.4) is 0 Å². The SMILES string of the molecule is Fc1ccc(CC2CC(C(F)(F)F)CCN2)cc1F. The van der Waals surface area contributed by atoms with Crippen LogP contribution in [0.4, 0.5) is 22.0 Å². The number of hydrogen-bond donors (Lipinski definition) is 1. The standard InChI is InChI=1S/C13H14F5N/c14-11-2-1-8(6-12(11)15)5-10-7-9(3-4-19-10)13(16,17)18/h1-2,6,9-10,19H,3-5,7H2. The van der Waals surface area contributed by atoms with Crippen molar-refractivity contribution in [3.8, 4) is 0 Å². The predicted octanol–water partition coefficient (Wildman–Crippen LogP) is 3.44. The minimum atomic E-state index is -4.19. The second-order valence-electron chi connectivity index (χ2n) is 4.87. The Morgan fingerprint density at radius 1 is 1.16 bits per heavy atom. The second kappa shape index (κ2) is 5.45. The summed E-state index contributed by atoms with van der Waals surface area (Å²) in [6.45, 7) is 0.290. The first-order valence-corrected chi connectivity index (χ1v) is 6.10. The summed E-state index contributed by atoms with van der Waals surface area (Å²) in [7, 11) is 0. The van der Waals surface area contributed by atoms with Crippen molar-refractivity contribution in [3.63, 3.8) is 0 Å². The number of benzene rings is 1. The molecule has 0 aromatic heterocycles. The summed E-state index contributed by atoms with van der Waals surface area (Å²) in [6, 6.07) is 3.07. The fraction of sp³-hybridized carbons (Fsp3) is 0.538. The molecule has 2 atom stereocenters. The van der Waals surface area contributed by atoms with Gasteiger partial charge in [0.15, 0.2) is 11.6 Å². The number of piperidine rings is 1. The van der Waals surface area contributed by atoms with E-state index < -0.39 is 23.7 Å². The Kier molecular flexibility index (Phi) is 4.08. The summed E-state index contributed by atoms with van der Waals surface area (Å²) in [5.74, 6) is -3.24. The molecule has 1 aliphatic rings. The van der Waals surface area contributed by atoms with Crippen molar-refractivity contribution in [1.82, 2.24) is 5.32 Å². The van der Waals surface area contributed by atoms with Gasteiger partial charge in [0, 0.05) is 6.04 Å². The van der Waals surface area contributed by atoms with Gasteiger partial charge in [-0.2, -0.15) is 13.2 Å². The highest BCUT2D eigenvalue weighted by Crippen LogP contribution is 2.34. The first kappa shape index (κ1) is 14.2. The molecule has 1 saturated heterocycles. The van der Waals surface area contributed by atoms with Crippen LogP contribution >= 0.6 is 0 Å². The van der Waals surface area contributed by atoms with Crippen LogP contribution in [0.15, 0.2) is 18.2 Å². The van der Waals surface area contributed by atoms with Crippen LogP contribution in [-0.4, -0.2) is 18.8 Å². The van der Waals surface area contributed by atoms with E-state index in [4.69, 9.17) is 0 Å². The minimum Gasteiger partial charge on any atom is -0.314 e. The normalized spacial score (nSPS) is 24.5. The van der Waals surface area contributed by atoms with Gasteiger partial charge in [0.2, 0.25) is 0 Å². The Labute approximate surface area is 107 Å². The molecule has 0 spiro atoms. The second-order valence-corrected chi connectivity index (χ2v) is 4.87. The van der Waals surface area contributed by atoms with Crippen LogP contribution in [0.25, 0.3) is 0 Å². The highest BCUT2D eigenvalue weighted by Gasteiger charge is 2.41. The fourth-order valence-corrected chi connectivity index (χ4v) is 2.41. The maximum Gasteiger partial charge on any atom is 0.391 e. The molecule has 1 N–H and O–H groups in total. The molecule has 6 heteroatoms. The summed E-state index contributed by atoms with van der Waals surface area (Å²) in [6.07, 6.45) is -3.88. The summed E-state index contributed by atoms with van der Waals surface area (Å²) in [5, 5.41) is 2.99. The van der Waals surface area contributed by atoms with Crippen LogP contribution in [0.2, 0.25) is 0 Å². The number of nitrogens with one attached hydrogen (secondary N) is 1. The lowest BCUT2D eigenvalue weighted by Crippen LogP contribution is -2.43. The van der Waals surface area contributed by atoms with Gasteiger partial charge in [-0.15, -0.1) is 0 Å². The number of rotatable bonds is 2. The van der Waals surface area contributed by atoms with Gasteiger partial charge < -0.3 is 5.32 Å². The van der Waals surface area contributed by atoms with Crippen molar-refractivity contribution in [2.45, 2.75) is 31.5 Å². The Morgan fingerprint density at radius 2 is 1.89 bits per heavy atom. The zero-order valence-corrected chi connectivity index (χ0v) is 10.1. The van der Waals surface area contributed by atoms with E-state index in [2.05, 4.69) is 5.32 Å². The minimum absolute atomic E-state index is 0.0253. The first-order chi connectivity index (χ1) is 8.86. The van der Waals surface area contributed by atoms with E-state index in [9.17, 15) is 22.0 Å². The molecule has 1 aromatic carbocycles. The van der Waals surface area contributed by atoms with Crippen molar-refractivity contribution in [2.75, 3.05) is 6.54 Å². The van der Waals surface area contributed by atoms with Crippen molar-refractivity contribution in [2.24, 2.45) is 5.92 Å². The summed E-state index contributed by atoms with van der Waals surface area (Å²) in [5.41, 5.74) is 0.499. The number of hydrogen-bond acceptors (Lipinski definition) is 1. The molecule has 0 aliphatic carbocycles. The van der Waals surface area contributed by atoms with Gasteiger partial charge in [0.05, 0.1) is 5.92 Å². The van der Waals surface area contributed by atoms with Gasteiger partial charge in [0.1, 0.15) is 0 Å². The van der Waals surface area contributed by atoms with Crippen LogP contribution < -0.4 is 5.32 Å². The van der Waals surface area contributed by atoms with E-state index in [0.29, 0.717) is 12.1 Å². The van der Waals surface area contributed by atoms with E-state index in [1.165, 1.54) is 6.07 Å². The zero-order valence-electron chi connectivity index (χ0n) is 10.1. The molecule has 1 aromatic rings. The molecule has 0 radical (unpaired) electrons.